The van der Waals surface area contributed by atoms with Crippen molar-refractivity contribution in [3.8, 4) is 0 Å². The Morgan fingerprint density at radius 3 is 2.40 bits per heavy atom. The van der Waals surface area contributed by atoms with Crippen LogP contribution in [0.4, 0.5) is 0 Å². The highest BCUT2D eigenvalue weighted by Crippen LogP contribution is 1.55. The first-order valence-electron chi connectivity index (χ1n) is 1.37. The fourth-order valence-electron chi connectivity index (χ4n) is 0. The second-order valence-corrected chi connectivity index (χ2v) is 0.860. The Morgan fingerprint density at radius 1 is 2.20 bits per heavy atom. The van der Waals surface area contributed by atoms with Gasteiger partial charge in [0.1, 0.15) is 6.61 Å². The van der Waals surface area contributed by atoms with Crippen molar-refractivity contribution in [2.45, 2.75) is 6.92 Å². The number of carbonyl (C=O) groups is 1. The van der Waals surface area contributed by atoms with Gasteiger partial charge in [0.25, 0.3) is 0 Å². The van der Waals surface area contributed by atoms with E-state index < -0.39 is 0 Å². The molecule has 0 unspecified atom stereocenters. The van der Waals surface area contributed by atoms with Crippen LogP contribution in [0.15, 0.2) is 0 Å². The standard InChI is InChI=1S/C3H6O2/c1-3(5)2-4/h4H,2H2,1H3/p+1. The number of aliphatic hydroxyl groups is 1. The number of ketones is 1. The van der Waals surface area contributed by atoms with Crippen molar-refractivity contribution in [2.24, 2.45) is 0 Å². The van der Waals surface area contributed by atoms with Gasteiger partial charge in [0.2, 0.25) is 0 Å². The molecule has 0 radical (unpaired) electrons. The predicted octanol–water partition coefficient (Wildman–Crippen LogP) is -0.320. The van der Waals surface area contributed by atoms with Crippen LogP contribution in [0.25, 0.3) is 0 Å². The summed E-state index contributed by atoms with van der Waals surface area (Å²) in [6.07, 6.45) is 0. The number of aliphatic hydroxyl groups excluding tert-OH is 1. The molecule has 0 aliphatic carbocycles. The smallest absolute Gasteiger partial charge is 0.389 e. The zero-order valence-electron chi connectivity index (χ0n) is 4.06. The molecule has 0 heterocycles. The maximum absolute atomic E-state index is 9.56. The zero-order chi connectivity index (χ0) is 4.28. The van der Waals surface area contributed by atoms with Crippen molar-refractivity contribution < 1.29 is 11.3 Å². The van der Waals surface area contributed by atoms with Gasteiger partial charge >= 0.3 is 1.43 Å². The molecule has 0 aromatic rings. The first-order valence-corrected chi connectivity index (χ1v) is 1.37. The molecule has 0 rings (SSSR count). The summed E-state index contributed by atoms with van der Waals surface area (Å²) in [5.41, 5.74) is 0. The number of rotatable bonds is 1. The molecule has 1 N–H and O–H groups in total. The SMILES string of the molecule is CC(=O)CO.[H+]. The number of Topliss-reactive ketones (excluding diaryl/α,β-unsaturated/α-hetero) is 1. The van der Waals surface area contributed by atoms with Gasteiger partial charge in [0.05, 0.1) is 0 Å². The maximum Gasteiger partial charge on any atom is 1.00 e. The van der Waals surface area contributed by atoms with E-state index in [1.807, 2.05) is 0 Å². The molecule has 0 aromatic carbocycles. The van der Waals surface area contributed by atoms with E-state index in [2.05, 4.69) is 0 Å². The number of hydrogen-bond donors (Lipinski definition) is 1. The first-order chi connectivity index (χ1) is 2.27. The monoisotopic (exact) mass is 75.0 g/mol. The van der Waals surface area contributed by atoms with Crippen molar-refractivity contribution in [3.05, 3.63) is 0 Å². The normalized spacial score (nSPS) is 7.60. The molecule has 2 heteroatoms. The molecule has 0 fully saturated rings. The van der Waals surface area contributed by atoms with E-state index in [-0.39, 0.29) is 13.8 Å². The van der Waals surface area contributed by atoms with Crippen molar-refractivity contribution in [3.63, 3.8) is 0 Å². The van der Waals surface area contributed by atoms with E-state index in [0.29, 0.717) is 0 Å². The molecule has 0 spiro atoms. The Hall–Kier alpha value is -0.370. The summed E-state index contributed by atoms with van der Waals surface area (Å²) in [6.45, 7) is 1.000. The molecular weight excluding hydrogens is 68.0 g/mol. The molecule has 0 atom stereocenters. The summed E-state index contributed by atoms with van der Waals surface area (Å²) in [5.74, 6) is -0.190. The van der Waals surface area contributed by atoms with Gasteiger partial charge in [0.15, 0.2) is 5.78 Å². The van der Waals surface area contributed by atoms with Gasteiger partial charge in [-0.15, -0.1) is 0 Å². The Bertz CT molecular complexity index is 44.1. The molecule has 0 amide bonds. The lowest BCUT2D eigenvalue weighted by Crippen LogP contribution is -1.93. The minimum Gasteiger partial charge on any atom is -0.389 e. The van der Waals surface area contributed by atoms with E-state index in [1.165, 1.54) is 6.92 Å². The Balaban J connectivity index is 0. The summed E-state index contributed by atoms with van der Waals surface area (Å²) >= 11 is 0. The summed E-state index contributed by atoms with van der Waals surface area (Å²) < 4.78 is 0. The summed E-state index contributed by atoms with van der Waals surface area (Å²) in [4.78, 5) is 9.56. The first kappa shape index (κ1) is 4.63. The van der Waals surface area contributed by atoms with Crippen LogP contribution < -0.4 is 0 Å². The van der Waals surface area contributed by atoms with Gasteiger partial charge in [-0.05, 0) is 6.92 Å². The van der Waals surface area contributed by atoms with E-state index in [9.17, 15) is 4.79 Å². The highest BCUT2D eigenvalue weighted by Gasteiger charge is 1.78. The zero-order valence-corrected chi connectivity index (χ0v) is 3.06. The number of hydrogen-bond acceptors (Lipinski definition) is 2. The minimum atomic E-state index is -0.333. The van der Waals surface area contributed by atoms with E-state index in [0.717, 1.165) is 0 Å². The second kappa shape index (κ2) is 1.91. The third-order valence-electron chi connectivity index (χ3n) is 0.223. The van der Waals surface area contributed by atoms with Gasteiger partial charge in [0, 0.05) is 0 Å². The van der Waals surface area contributed by atoms with Gasteiger partial charge in [-0.25, -0.2) is 0 Å². The second-order valence-electron chi connectivity index (χ2n) is 0.860. The minimum absolute atomic E-state index is 0. The van der Waals surface area contributed by atoms with E-state index in [4.69, 9.17) is 5.11 Å². The van der Waals surface area contributed by atoms with Crippen LogP contribution in [0.5, 0.6) is 0 Å². The summed E-state index contributed by atoms with van der Waals surface area (Å²) in [5, 5.41) is 7.79. The Kier molecular flexibility index (Phi) is 1.76. The van der Waals surface area contributed by atoms with Crippen molar-refractivity contribution in [1.82, 2.24) is 0 Å². The third-order valence-corrected chi connectivity index (χ3v) is 0.223. The average molecular weight is 75.1 g/mol. The quantitative estimate of drug-likeness (QED) is 0.463. The molecule has 2 nitrogen and oxygen atoms in total. The highest BCUT2D eigenvalue weighted by atomic mass is 16.3. The molecule has 0 saturated heterocycles. The molecule has 0 saturated carbocycles. The average Bonchev–Trinajstić information content (AvgIpc) is 1.38. The number of carbonyl (C=O) groups excluding carboxylic acids is 1. The molecule has 0 aliphatic heterocycles. The molecular formula is C3H7O2+. The van der Waals surface area contributed by atoms with Crippen molar-refractivity contribution in [1.29, 1.82) is 0 Å². The van der Waals surface area contributed by atoms with Crippen LogP contribution in [0.1, 0.15) is 8.35 Å². The highest BCUT2D eigenvalue weighted by molar-refractivity contribution is 5.76. The third kappa shape index (κ3) is 3.63. The van der Waals surface area contributed by atoms with Gasteiger partial charge < -0.3 is 5.11 Å². The molecule has 0 bridgehead atoms. The van der Waals surface area contributed by atoms with Gasteiger partial charge in [-0.2, -0.15) is 0 Å². The van der Waals surface area contributed by atoms with Crippen LogP contribution in [0, 0.1) is 0 Å². The van der Waals surface area contributed by atoms with Crippen LogP contribution in [-0.4, -0.2) is 17.5 Å². The van der Waals surface area contributed by atoms with Crippen LogP contribution in [0.3, 0.4) is 0 Å². The lowest BCUT2D eigenvalue weighted by molar-refractivity contribution is -0.119. The largest absolute Gasteiger partial charge is 1.00 e. The fourth-order valence-corrected chi connectivity index (χ4v) is 0. The topological polar surface area (TPSA) is 37.3 Å². The molecule has 0 aromatic heterocycles. The van der Waals surface area contributed by atoms with Crippen molar-refractivity contribution in [2.75, 3.05) is 6.61 Å². The van der Waals surface area contributed by atoms with Crippen LogP contribution >= 0.6 is 0 Å². The fraction of sp³-hybridized carbons (Fsp3) is 0.667. The predicted molar refractivity (Wildman–Crippen MR) is 18.9 cm³/mol. The lowest BCUT2D eigenvalue weighted by Gasteiger charge is -1.72. The van der Waals surface area contributed by atoms with E-state index >= 15 is 0 Å². The lowest BCUT2D eigenvalue weighted by atomic mass is 10.5. The molecule has 0 aliphatic rings. The summed E-state index contributed by atoms with van der Waals surface area (Å²) in [7, 11) is 0. The van der Waals surface area contributed by atoms with Crippen molar-refractivity contribution >= 4 is 5.78 Å². The van der Waals surface area contributed by atoms with Gasteiger partial charge in [-0.1, -0.05) is 0 Å². The molecule has 5 heavy (non-hydrogen) atoms. The Labute approximate surface area is 31.9 Å². The maximum atomic E-state index is 9.56. The van der Waals surface area contributed by atoms with E-state index in [1.54, 1.807) is 0 Å². The Morgan fingerprint density at radius 2 is 2.40 bits per heavy atom. The van der Waals surface area contributed by atoms with Crippen LogP contribution in [0.2, 0.25) is 0 Å². The van der Waals surface area contributed by atoms with Gasteiger partial charge in [-0.3, -0.25) is 4.79 Å². The molecule has 30 valence electrons. The summed E-state index contributed by atoms with van der Waals surface area (Å²) in [6, 6.07) is 0. The van der Waals surface area contributed by atoms with Crippen LogP contribution in [-0.2, 0) is 4.79 Å².